The molecule has 3 rings (SSSR count). The van der Waals surface area contributed by atoms with E-state index >= 15 is 0 Å². The Balaban J connectivity index is 0.00000320. The maximum Gasteiger partial charge on any atom is 0.267 e. The number of carbonyl (C=O) groups excluding carboxylic acids is 2. The van der Waals surface area contributed by atoms with Crippen LogP contribution in [0.4, 0.5) is 0 Å². The molecule has 2 aromatic rings. The third-order valence-corrected chi connectivity index (χ3v) is 4.95. The molecule has 1 aromatic carbocycles. The zero-order chi connectivity index (χ0) is 20.6. The minimum atomic E-state index is -0.629. The second-order valence-electron chi connectivity index (χ2n) is 7.17. The zero-order valence-electron chi connectivity index (χ0n) is 16.8. The fraction of sp³-hybridized carbons (Fsp3) is 0.261. The van der Waals surface area contributed by atoms with Gasteiger partial charge in [0.25, 0.3) is 5.91 Å². The summed E-state index contributed by atoms with van der Waals surface area (Å²) in [5.41, 5.74) is 5.23. The number of aryl methyl sites for hydroxylation is 1. The second kappa shape index (κ2) is 11.3. The Morgan fingerprint density at radius 3 is 2.53 bits per heavy atom. The Hall–Kier alpha value is -2.96. The van der Waals surface area contributed by atoms with Crippen LogP contribution in [0.1, 0.15) is 41.3 Å². The molecular formula is C23H26ClN3O3. The number of hydroxylamine groups is 1. The molecule has 30 heavy (non-hydrogen) atoms. The van der Waals surface area contributed by atoms with Crippen molar-refractivity contribution < 1.29 is 14.8 Å². The van der Waals surface area contributed by atoms with Crippen molar-refractivity contribution in [3.8, 4) is 0 Å². The fourth-order valence-corrected chi connectivity index (χ4v) is 3.49. The molecule has 1 fully saturated rings. The summed E-state index contributed by atoms with van der Waals surface area (Å²) in [5, 5.41) is 8.52. The molecule has 6 nitrogen and oxygen atoms in total. The summed E-state index contributed by atoms with van der Waals surface area (Å²) in [6.45, 7) is 3.57. The largest absolute Gasteiger partial charge is 0.339 e. The number of likely N-dealkylation sites (tertiary alicyclic amines) is 1. The summed E-state index contributed by atoms with van der Waals surface area (Å²) < 4.78 is 0. The number of benzene rings is 1. The second-order valence-corrected chi connectivity index (χ2v) is 7.17. The number of hydrogen-bond acceptors (Lipinski definition) is 4. The van der Waals surface area contributed by atoms with Gasteiger partial charge >= 0.3 is 0 Å². The summed E-state index contributed by atoms with van der Waals surface area (Å²) in [5.74, 6) is -0.286. The molecule has 1 aromatic heterocycles. The van der Waals surface area contributed by atoms with Crippen molar-refractivity contribution in [2.24, 2.45) is 0 Å². The third kappa shape index (κ3) is 6.54. The molecule has 0 aliphatic carbocycles. The topological polar surface area (TPSA) is 82.5 Å². The number of piperidine rings is 1. The summed E-state index contributed by atoms with van der Waals surface area (Å²) in [7, 11) is 0. The van der Waals surface area contributed by atoms with Crippen LogP contribution >= 0.6 is 12.4 Å². The Morgan fingerprint density at radius 1 is 1.13 bits per heavy atom. The summed E-state index contributed by atoms with van der Waals surface area (Å²) in [6.07, 6.45) is 7.98. The van der Waals surface area contributed by atoms with Crippen LogP contribution < -0.4 is 5.48 Å². The number of aromatic nitrogens is 1. The average Bonchev–Trinajstić information content (AvgIpc) is 2.76. The van der Waals surface area contributed by atoms with E-state index in [0.29, 0.717) is 17.3 Å². The molecule has 0 radical (unpaired) electrons. The van der Waals surface area contributed by atoms with Crippen molar-refractivity contribution in [2.75, 3.05) is 13.1 Å². The molecule has 2 N–H and O–H groups in total. The number of carbonyl (C=O) groups is 2. The van der Waals surface area contributed by atoms with Gasteiger partial charge in [-0.3, -0.25) is 14.8 Å². The van der Waals surface area contributed by atoms with E-state index in [1.54, 1.807) is 30.4 Å². The van der Waals surface area contributed by atoms with Crippen LogP contribution in [0, 0.1) is 6.92 Å². The first-order valence-corrected chi connectivity index (χ1v) is 9.68. The zero-order valence-corrected chi connectivity index (χ0v) is 17.6. The third-order valence-electron chi connectivity index (χ3n) is 4.95. The van der Waals surface area contributed by atoms with Crippen LogP contribution in [0.3, 0.4) is 0 Å². The predicted molar refractivity (Wildman–Crippen MR) is 119 cm³/mol. The van der Waals surface area contributed by atoms with Crippen molar-refractivity contribution in [3.05, 3.63) is 77.1 Å². The highest BCUT2D eigenvalue weighted by Crippen LogP contribution is 2.27. The monoisotopic (exact) mass is 427 g/mol. The van der Waals surface area contributed by atoms with Crippen molar-refractivity contribution in [1.29, 1.82) is 0 Å². The van der Waals surface area contributed by atoms with Gasteiger partial charge in [-0.2, -0.15) is 0 Å². The van der Waals surface area contributed by atoms with Gasteiger partial charge in [0.05, 0.1) is 11.4 Å². The molecule has 0 saturated carbocycles. The summed E-state index contributed by atoms with van der Waals surface area (Å²) in [4.78, 5) is 30.0. The molecule has 0 bridgehead atoms. The van der Waals surface area contributed by atoms with Gasteiger partial charge in [0.2, 0.25) is 5.91 Å². The molecule has 2 heterocycles. The van der Waals surface area contributed by atoms with Crippen molar-refractivity contribution >= 4 is 36.4 Å². The van der Waals surface area contributed by atoms with Crippen LogP contribution in [0.25, 0.3) is 12.2 Å². The molecule has 1 atom stereocenters. The first-order valence-electron chi connectivity index (χ1n) is 9.68. The quantitative estimate of drug-likeness (QED) is 0.432. The number of nitrogens with one attached hydrogen (secondary N) is 1. The Bertz CT molecular complexity index is 943. The van der Waals surface area contributed by atoms with E-state index in [0.717, 1.165) is 25.9 Å². The van der Waals surface area contributed by atoms with Gasteiger partial charge < -0.3 is 4.90 Å². The minimum Gasteiger partial charge on any atom is -0.339 e. The molecule has 1 aliphatic rings. The van der Waals surface area contributed by atoms with E-state index in [9.17, 15) is 9.59 Å². The number of rotatable bonds is 5. The van der Waals surface area contributed by atoms with Crippen molar-refractivity contribution in [3.63, 3.8) is 0 Å². The van der Waals surface area contributed by atoms with Gasteiger partial charge in [0.15, 0.2) is 0 Å². The Morgan fingerprint density at radius 2 is 1.83 bits per heavy atom. The molecule has 0 spiro atoms. The SMILES string of the molecule is Cc1cccc(C2CCCN(C(=O)/C=C/c3cccc(/C=C/C(=O)NO)n3)C2)c1.Cl. The minimum absolute atomic E-state index is 0. The maximum absolute atomic E-state index is 12.7. The molecule has 158 valence electrons. The lowest BCUT2D eigenvalue weighted by atomic mass is 9.90. The molecule has 1 saturated heterocycles. The number of hydrogen-bond donors (Lipinski definition) is 2. The highest BCUT2D eigenvalue weighted by atomic mass is 35.5. The van der Waals surface area contributed by atoms with Gasteiger partial charge in [-0.1, -0.05) is 35.9 Å². The normalized spacial score (nSPS) is 16.5. The Labute approximate surface area is 182 Å². The van der Waals surface area contributed by atoms with Crippen molar-refractivity contribution in [2.45, 2.75) is 25.7 Å². The van der Waals surface area contributed by atoms with Crippen LogP contribution in [0.15, 0.2) is 54.6 Å². The lowest BCUT2D eigenvalue weighted by Crippen LogP contribution is -2.38. The Kier molecular flexibility index (Phi) is 8.77. The van der Waals surface area contributed by atoms with E-state index in [1.807, 2.05) is 4.90 Å². The molecule has 7 heteroatoms. The van der Waals surface area contributed by atoms with Gasteiger partial charge in [-0.25, -0.2) is 10.5 Å². The fourth-order valence-electron chi connectivity index (χ4n) is 3.49. The summed E-state index contributed by atoms with van der Waals surface area (Å²) >= 11 is 0. The predicted octanol–water partition coefficient (Wildman–Crippen LogP) is 3.75. The smallest absolute Gasteiger partial charge is 0.267 e. The number of pyridine rings is 1. The van der Waals surface area contributed by atoms with Crippen LogP contribution in [-0.2, 0) is 9.59 Å². The van der Waals surface area contributed by atoms with Crippen molar-refractivity contribution in [1.82, 2.24) is 15.4 Å². The van der Waals surface area contributed by atoms with E-state index < -0.39 is 5.91 Å². The maximum atomic E-state index is 12.7. The lowest BCUT2D eigenvalue weighted by Gasteiger charge is -2.32. The van der Waals surface area contributed by atoms with Gasteiger partial charge in [0, 0.05) is 31.2 Å². The standard InChI is InChI=1S/C23H25N3O3.ClH/c1-17-5-2-6-18(15-17)19-7-4-14-26(16-19)23(28)13-11-21-9-3-8-20(24-21)10-12-22(27)25-29;/h2-3,5-6,8-13,15,19,29H,4,7,14,16H2,1H3,(H,25,27);1H/b12-10+,13-11+;. The number of amides is 2. The first kappa shape index (κ1) is 23.3. The van der Waals surface area contributed by atoms with E-state index in [4.69, 9.17) is 5.21 Å². The van der Waals surface area contributed by atoms with E-state index in [-0.39, 0.29) is 18.3 Å². The molecule has 2 amide bonds. The molecule has 1 aliphatic heterocycles. The first-order chi connectivity index (χ1) is 14.0. The van der Waals surface area contributed by atoms with E-state index in [2.05, 4.69) is 36.2 Å². The average molecular weight is 428 g/mol. The van der Waals surface area contributed by atoms with Crippen LogP contribution in [0.5, 0.6) is 0 Å². The highest BCUT2D eigenvalue weighted by molar-refractivity contribution is 5.92. The number of nitrogens with zero attached hydrogens (tertiary/aromatic N) is 2. The highest BCUT2D eigenvalue weighted by Gasteiger charge is 2.23. The van der Waals surface area contributed by atoms with Gasteiger partial charge in [-0.05, 0) is 49.6 Å². The lowest BCUT2D eigenvalue weighted by molar-refractivity contribution is -0.127. The van der Waals surface area contributed by atoms with Gasteiger partial charge in [0.1, 0.15) is 0 Å². The van der Waals surface area contributed by atoms with Crippen LogP contribution in [0.2, 0.25) is 0 Å². The van der Waals surface area contributed by atoms with E-state index in [1.165, 1.54) is 28.8 Å². The molecule has 1 unspecified atom stereocenters. The summed E-state index contributed by atoms with van der Waals surface area (Å²) in [6, 6.07) is 13.8. The molecular weight excluding hydrogens is 402 g/mol. The number of halogens is 1. The van der Waals surface area contributed by atoms with Crippen LogP contribution in [-0.4, -0.2) is 40.0 Å². The van der Waals surface area contributed by atoms with Gasteiger partial charge in [-0.15, -0.1) is 12.4 Å².